The number of rotatable bonds is 3. The first-order valence-corrected chi connectivity index (χ1v) is 5.14. The summed E-state index contributed by atoms with van der Waals surface area (Å²) >= 11 is 0. The van der Waals surface area contributed by atoms with Crippen molar-refractivity contribution in [2.75, 3.05) is 0 Å². The maximum atomic E-state index is 11.7. The lowest BCUT2D eigenvalue weighted by atomic mass is 10.2. The van der Waals surface area contributed by atoms with Crippen LogP contribution in [0.4, 0.5) is 0 Å². The van der Waals surface area contributed by atoms with Crippen molar-refractivity contribution in [1.29, 1.82) is 0 Å². The van der Waals surface area contributed by atoms with Gasteiger partial charge in [0.25, 0.3) is 5.91 Å². The van der Waals surface area contributed by atoms with Gasteiger partial charge < -0.3 is 5.32 Å². The van der Waals surface area contributed by atoms with E-state index in [2.05, 4.69) is 11.4 Å². The van der Waals surface area contributed by atoms with E-state index in [9.17, 15) is 4.79 Å². The van der Waals surface area contributed by atoms with Crippen LogP contribution in [0.2, 0.25) is 0 Å². The molecule has 0 aromatic heterocycles. The molecular weight excluding hydrogens is 198 g/mol. The van der Waals surface area contributed by atoms with Crippen molar-refractivity contribution in [1.82, 2.24) is 5.32 Å². The van der Waals surface area contributed by atoms with Gasteiger partial charge >= 0.3 is 0 Å². The number of nitrogens with one attached hydrogen (secondary N) is 1. The molecule has 16 heavy (non-hydrogen) atoms. The zero-order valence-corrected chi connectivity index (χ0v) is 8.81. The normalized spacial score (nSPS) is 9.75. The lowest BCUT2D eigenvalue weighted by Gasteiger charge is -2.04. The van der Waals surface area contributed by atoms with Gasteiger partial charge in [0.05, 0.1) is 0 Å². The van der Waals surface area contributed by atoms with Crippen molar-refractivity contribution in [2.45, 2.75) is 6.54 Å². The van der Waals surface area contributed by atoms with Crippen LogP contribution in [0.1, 0.15) is 15.9 Å². The lowest BCUT2D eigenvalue weighted by Crippen LogP contribution is -2.22. The second-order valence-electron chi connectivity index (χ2n) is 3.46. The maximum Gasteiger partial charge on any atom is 0.251 e. The average molecular weight is 210 g/mol. The SMILES string of the molecule is O=C(NCc1ccccc1)c1c[c]ccc1. The highest BCUT2D eigenvalue weighted by atomic mass is 16.1. The number of hydrogen-bond donors (Lipinski definition) is 1. The molecule has 0 unspecified atom stereocenters. The summed E-state index contributed by atoms with van der Waals surface area (Å²) in [5.74, 6) is -0.0688. The Morgan fingerprint density at radius 3 is 2.62 bits per heavy atom. The number of amides is 1. The van der Waals surface area contributed by atoms with E-state index in [1.165, 1.54) is 0 Å². The van der Waals surface area contributed by atoms with Crippen LogP contribution in [0.15, 0.2) is 54.6 Å². The Morgan fingerprint density at radius 1 is 1.12 bits per heavy atom. The van der Waals surface area contributed by atoms with Gasteiger partial charge in [0.2, 0.25) is 0 Å². The second-order valence-corrected chi connectivity index (χ2v) is 3.46. The van der Waals surface area contributed by atoms with Crippen LogP contribution in [0, 0.1) is 6.07 Å². The largest absolute Gasteiger partial charge is 0.348 e. The zero-order valence-electron chi connectivity index (χ0n) is 8.81. The van der Waals surface area contributed by atoms with E-state index in [1.807, 2.05) is 30.3 Å². The van der Waals surface area contributed by atoms with Gasteiger partial charge in [0.15, 0.2) is 0 Å². The third-order valence-electron chi connectivity index (χ3n) is 2.27. The summed E-state index contributed by atoms with van der Waals surface area (Å²) in [7, 11) is 0. The molecule has 0 aliphatic heterocycles. The molecule has 1 amide bonds. The first kappa shape index (κ1) is 10.4. The molecule has 1 N–H and O–H groups in total. The van der Waals surface area contributed by atoms with Gasteiger partial charge in [-0.3, -0.25) is 4.79 Å². The minimum Gasteiger partial charge on any atom is -0.348 e. The Kier molecular flexibility index (Phi) is 3.34. The molecule has 0 atom stereocenters. The summed E-state index contributed by atoms with van der Waals surface area (Å²) in [6.45, 7) is 0.550. The van der Waals surface area contributed by atoms with E-state index in [0.717, 1.165) is 5.56 Å². The molecule has 0 fully saturated rings. The van der Waals surface area contributed by atoms with Crippen LogP contribution in [-0.4, -0.2) is 5.91 Å². The predicted molar refractivity (Wildman–Crippen MR) is 62.9 cm³/mol. The highest BCUT2D eigenvalue weighted by Gasteiger charge is 2.02. The minimum atomic E-state index is -0.0688. The predicted octanol–water partition coefficient (Wildman–Crippen LogP) is 2.42. The van der Waals surface area contributed by atoms with Crippen LogP contribution in [-0.2, 0) is 6.54 Å². The Labute approximate surface area is 94.9 Å². The Hall–Kier alpha value is -2.09. The number of carbonyl (C=O) groups is 1. The summed E-state index contributed by atoms with van der Waals surface area (Å²) in [6.07, 6.45) is 0. The Balaban J connectivity index is 1.95. The lowest BCUT2D eigenvalue weighted by molar-refractivity contribution is 0.0951. The van der Waals surface area contributed by atoms with E-state index in [4.69, 9.17) is 0 Å². The number of hydrogen-bond acceptors (Lipinski definition) is 1. The molecule has 2 aromatic carbocycles. The van der Waals surface area contributed by atoms with Crippen LogP contribution in [0.3, 0.4) is 0 Å². The maximum absolute atomic E-state index is 11.7. The molecule has 0 saturated heterocycles. The smallest absolute Gasteiger partial charge is 0.251 e. The van der Waals surface area contributed by atoms with Crippen molar-refractivity contribution < 1.29 is 4.79 Å². The topological polar surface area (TPSA) is 29.1 Å². The zero-order chi connectivity index (χ0) is 11.2. The summed E-state index contributed by atoms with van der Waals surface area (Å²) in [5, 5.41) is 2.86. The quantitative estimate of drug-likeness (QED) is 0.828. The molecule has 2 nitrogen and oxygen atoms in total. The molecule has 2 rings (SSSR count). The van der Waals surface area contributed by atoms with Crippen molar-refractivity contribution in [3.05, 3.63) is 71.8 Å². The Morgan fingerprint density at radius 2 is 1.94 bits per heavy atom. The van der Waals surface area contributed by atoms with Gasteiger partial charge in [-0.25, -0.2) is 0 Å². The standard InChI is InChI=1S/C14H12NO/c16-14(13-9-5-2-6-10-13)15-11-12-7-3-1-4-8-12/h1-5,7-10H,11H2,(H,15,16). The van der Waals surface area contributed by atoms with Gasteiger partial charge in [0, 0.05) is 12.1 Å². The number of carbonyl (C=O) groups excluding carboxylic acids is 1. The van der Waals surface area contributed by atoms with Crippen molar-refractivity contribution >= 4 is 5.91 Å². The van der Waals surface area contributed by atoms with Crippen molar-refractivity contribution in [2.24, 2.45) is 0 Å². The van der Waals surface area contributed by atoms with Crippen LogP contribution >= 0.6 is 0 Å². The summed E-state index contributed by atoms with van der Waals surface area (Å²) in [5.41, 5.74) is 1.73. The molecule has 0 bridgehead atoms. The van der Waals surface area contributed by atoms with Crippen LogP contribution in [0.25, 0.3) is 0 Å². The molecule has 79 valence electrons. The molecule has 0 heterocycles. The first-order valence-electron chi connectivity index (χ1n) is 5.14. The fourth-order valence-corrected chi connectivity index (χ4v) is 1.41. The molecule has 0 aliphatic rings. The Bertz CT molecular complexity index is 451. The van der Waals surface area contributed by atoms with Gasteiger partial charge in [-0.15, -0.1) is 0 Å². The van der Waals surface area contributed by atoms with Gasteiger partial charge in [0.1, 0.15) is 0 Å². The first-order chi connectivity index (χ1) is 7.86. The van der Waals surface area contributed by atoms with E-state index in [1.54, 1.807) is 24.3 Å². The summed E-state index contributed by atoms with van der Waals surface area (Å²) in [4.78, 5) is 11.7. The van der Waals surface area contributed by atoms with Crippen LogP contribution < -0.4 is 5.32 Å². The molecule has 1 radical (unpaired) electrons. The monoisotopic (exact) mass is 210 g/mol. The summed E-state index contributed by atoms with van der Waals surface area (Å²) in [6, 6.07) is 19.7. The second kappa shape index (κ2) is 5.12. The van der Waals surface area contributed by atoms with Gasteiger partial charge in [-0.2, -0.15) is 0 Å². The van der Waals surface area contributed by atoms with Crippen LogP contribution in [0.5, 0.6) is 0 Å². The minimum absolute atomic E-state index is 0.0688. The third kappa shape index (κ3) is 2.70. The van der Waals surface area contributed by atoms with E-state index >= 15 is 0 Å². The highest BCUT2D eigenvalue weighted by Crippen LogP contribution is 2.00. The van der Waals surface area contributed by atoms with E-state index < -0.39 is 0 Å². The summed E-state index contributed by atoms with van der Waals surface area (Å²) < 4.78 is 0. The van der Waals surface area contributed by atoms with Crippen molar-refractivity contribution in [3.8, 4) is 0 Å². The molecule has 0 spiro atoms. The van der Waals surface area contributed by atoms with E-state index in [-0.39, 0.29) is 5.91 Å². The van der Waals surface area contributed by atoms with Gasteiger partial charge in [-0.05, 0) is 23.8 Å². The average Bonchev–Trinajstić information content (AvgIpc) is 2.38. The molecular formula is C14H12NO. The molecule has 0 saturated carbocycles. The highest BCUT2D eigenvalue weighted by molar-refractivity contribution is 5.93. The molecule has 2 heteroatoms. The molecule has 2 aromatic rings. The third-order valence-corrected chi connectivity index (χ3v) is 2.27. The van der Waals surface area contributed by atoms with Gasteiger partial charge in [-0.1, -0.05) is 42.5 Å². The molecule has 0 aliphatic carbocycles. The van der Waals surface area contributed by atoms with Crippen molar-refractivity contribution in [3.63, 3.8) is 0 Å². The van der Waals surface area contributed by atoms with E-state index in [0.29, 0.717) is 12.1 Å². The fraction of sp³-hybridized carbons (Fsp3) is 0.0714. The fourth-order valence-electron chi connectivity index (χ4n) is 1.41. The number of benzene rings is 2.